The van der Waals surface area contributed by atoms with E-state index in [2.05, 4.69) is 15.3 Å². The Morgan fingerprint density at radius 1 is 0.848 bits per heavy atom. The molecule has 0 aliphatic carbocycles. The highest BCUT2D eigenvalue weighted by Gasteiger charge is 2.11. The predicted molar refractivity (Wildman–Crippen MR) is 129 cm³/mol. The molecule has 2 atom stereocenters. The molecule has 3 aromatic rings. The SMILES string of the molecule is COc1ccc(-c2cnc(Nc3ccc(OCCN(CC(C)O)CC(C)O)cc3)nc2)cc1. The fourth-order valence-electron chi connectivity index (χ4n) is 3.39. The molecule has 0 spiro atoms. The quantitative estimate of drug-likeness (QED) is 0.385. The van der Waals surface area contributed by atoms with Gasteiger partial charge in [-0.3, -0.25) is 4.90 Å². The van der Waals surface area contributed by atoms with Crippen LogP contribution in [0.15, 0.2) is 60.9 Å². The zero-order valence-electron chi connectivity index (χ0n) is 19.3. The molecule has 0 saturated carbocycles. The van der Waals surface area contributed by atoms with Crippen LogP contribution in [0.1, 0.15) is 13.8 Å². The van der Waals surface area contributed by atoms with E-state index in [1.54, 1.807) is 33.4 Å². The van der Waals surface area contributed by atoms with Crippen LogP contribution in [-0.4, -0.2) is 70.6 Å². The van der Waals surface area contributed by atoms with Crippen LogP contribution in [0.3, 0.4) is 0 Å². The Bertz CT molecular complexity index is 951. The van der Waals surface area contributed by atoms with Crippen molar-refractivity contribution in [2.24, 2.45) is 0 Å². The van der Waals surface area contributed by atoms with Crippen LogP contribution in [0.4, 0.5) is 11.6 Å². The van der Waals surface area contributed by atoms with E-state index in [1.807, 2.05) is 53.4 Å². The molecule has 1 aromatic heterocycles. The van der Waals surface area contributed by atoms with Gasteiger partial charge < -0.3 is 25.0 Å². The van der Waals surface area contributed by atoms with Crippen LogP contribution in [-0.2, 0) is 0 Å². The van der Waals surface area contributed by atoms with Gasteiger partial charge in [-0.05, 0) is 55.8 Å². The third-order valence-electron chi connectivity index (χ3n) is 4.91. The highest BCUT2D eigenvalue weighted by molar-refractivity contribution is 5.63. The van der Waals surface area contributed by atoms with Gasteiger partial charge in [0.25, 0.3) is 0 Å². The molecule has 0 fully saturated rings. The van der Waals surface area contributed by atoms with Crippen molar-refractivity contribution in [1.82, 2.24) is 14.9 Å². The standard InChI is InChI=1S/C25H32N4O4/c1-18(30)16-29(17-19(2)31)12-13-33-24-10-6-22(7-11-24)28-25-26-14-21(15-27-25)20-4-8-23(32-3)9-5-20/h4-11,14-15,18-19,30-31H,12-13,16-17H2,1-3H3,(H,26,27,28). The van der Waals surface area contributed by atoms with Crippen LogP contribution in [0, 0.1) is 0 Å². The summed E-state index contributed by atoms with van der Waals surface area (Å²) in [5.74, 6) is 2.06. The molecule has 0 amide bonds. The number of aromatic nitrogens is 2. The lowest BCUT2D eigenvalue weighted by Crippen LogP contribution is -2.38. The second-order valence-electron chi connectivity index (χ2n) is 7.98. The molecular weight excluding hydrogens is 420 g/mol. The van der Waals surface area contributed by atoms with E-state index in [-0.39, 0.29) is 0 Å². The molecule has 3 rings (SSSR count). The molecule has 2 aromatic carbocycles. The molecule has 176 valence electrons. The number of ether oxygens (including phenoxy) is 2. The smallest absolute Gasteiger partial charge is 0.227 e. The Kier molecular flexibility index (Phi) is 9.00. The second-order valence-corrected chi connectivity index (χ2v) is 7.98. The van der Waals surface area contributed by atoms with Gasteiger partial charge in [-0.1, -0.05) is 12.1 Å². The van der Waals surface area contributed by atoms with Crippen LogP contribution < -0.4 is 14.8 Å². The van der Waals surface area contributed by atoms with E-state index >= 15 is 0 Å². The Morgan fingerprint density at radius 3 is 1.97 bits per heavy atom. The summed E-state index contributed by atoms with van der Waals surface area (Å²) in [6.07, 6.45) is 2.64. The second kappa shape index (κ2) is 12.2. The van der Waals surface area contributed by atoms with Crippen LogP contribution >= 0.6 is 0 Å². The number of nitrogens with zero attached hydrogens (tertiary/aromatic N) is 3. The molecule has 3 N–H and O–H groups in total. The number of hydrogen-bond acceptors (Lipinski definition) is 8. The summed E-state index contributed by atoms with van der Waals surface area (Å²) in [4.78, 5) is 10.8. The first-order valence-corrected chi connectivity index (χ1v) is 11.0. The zero-order valence-corrected chi connectivity index (χ0v) is 19.3. The van der Waals surface area contributed by atoms with Crippen molar-refractivity contribution in [3.05, 3.63) is 60.9 Å². The van der Waals surface area contributed by atoms with Crippen molar-refractivity contribution in [3.8, 4) is 22.6 Å². The van der Waals surface area contributed by atoms with E-state index in [4.69, 9.17) is 9.47 Å². The summed E-state index contributed by atoms with van der Waals surface area (Å²) >= 11 is 0. The number of aliphatic hydroxyl groups excluding tert-OH is 2. The first kappa shape index (κ1) is 24.4. The van der Waals surface area contributed by atoms with E-state index < -0.39 is 12.2 Å². The normalized spacial score (nSPS) is 12.9. The Morgan fingerprint density at radius 2 is 1.42 bits per heavy atom. The van der Waals surface area contributed by atoms with Gasteiger partial charge >= 0.3 is 0 Å². The molecule has 0 radical (unpaired) electrons. The van der Waals surface area contributed by atoms with Gasteiger partial charge in [0, 0.05) is 43.3 Å². The largest absolute Gasteiger partial charge is 0.497 e. The first-order chi connectivity index (χ1) is 15.9. The summed E-state index contributed by atoms with van der Waals surface area (Å²) in [5.41, 5.74) is 2.79. The summed E-state index contributed by atoms with van der Waals surface area (Å²) < 4.78 is 11.0. The topological polar surface area (TPSA) is 100.0 Å². The Hall–Kier alpha value is -3.20. The number of hydrogen-bond donors (Lipinski definition) is 3. The molecule has 0 saturated heterocycles. The number of nitrogens with one attached hydrogen (secondary N) is 1. The van der Waals surface area contributed by atoms with Crippen molar-refractivity contribution in [2.45, 2.75) is 26.1 Å². The minimum absolute atomic E-state index is 0.457. The monoisotopic (exact) mass is 452 g/mol. The maximum absolute atomic E-state index is 9.61. The fraction of sp³-hybridized carbons (Fsp3) is 0.360. The molecule has 33 heavy (non-hydrogen) atoms. The zero-order chi connectivity index (χ0) is 23.6. The van der Waals surface area contributed by atoms with E-state index in [0.29, 0.717) is 32.2 Å². The summed E-state index contributed by atoms with van der Waals surface area (Å²) in [6, 6.07) is 15.3. The van der Waals surface area contributed by atoms with Gasteiger partial charge in [0.1, 0.15) is 18.1 Å². The van der Waals surface area contributed by atoms with Crippen molar-refractivity contribution in [1.29, 1.82) is 0 Å². The highest BCUT2D eigenvalue weighted by atomic mass is 16.5. The average molecular weight is 453 g/mol. The number of benzene rings is 2. The highest BCUT2D eigenvalue weighted by Crippen LogP contribution is 2.23. The summed E-state index contributed by atoms with van der Waals surface area (Å²) in [7, 11) is 1.64. The average Bonchev–Trinajstić information content (AvgIpc) is 2.80. The van der Waals surface area contributed by atoms with Crippen LogP contribution in [0.25, 0.3) is 11.1 Å². The minimum Gasteiger partial charge on any atom is -0.497 e. The Balaban J connectivity index is 1.50. The number of aliphatic hydroxyl groups is 2. The third-order valence-corrected chi connectivity index (χ3v) is 4.91. The Labute approximate surface area is 194 Å². The van der Waals surface area contributed by atoms with Crippen molar-refractivity contribution >= 4 is 11.6 Å². The van der Waals surface area contributed by atoms with Crippen LogP contribution in [0.2, 0.25) is 0 Å². The number of rotatable bonds is 12. The fourth-order valence-corrected chi connectivity index (χ4v) is 3.39. The van der Waals surface area contributed by atoms with Crippen molar-refractivity contribution < 1.29 is 19.7 Å². The third kappa shape index (κ3) is 8.02. The molecular formula is C25H32N4O4. The van der Waals surface area contributed by atoms with Gasteiger partial charge in [0.05, 0.1) is 19.3 Å². The van der Waals surface area contributed by atoms with Gasteiger partial charge in [-0.15, -0.1) is 0 Å². The minimum atomic E-state index is -0.457. The lowest BCUT2D eigenvalue weighted by atomic mass is 10.1. The van der Waals surface area contributed by atoms with Gasteiger partial charge in [-0.2, -0.15) is 0 Å². The molecule has 8 nitrogen and oxygen atoms in total. The lowest BCUT2D eigenvalue weighted by molar-refractivity contribution is 0.0749. The molecule has 1 heterocycles. The molecule has 0 aliphatic heterocycles. The predicted octanol–water partition coefficient (Wildman–Crippen LogP) is 3.34. The van der Waals surface area contributed by atoms with E-state index in [1.165, 1.54) is 0 Å². The number of methoxy groups -OCH3 is 1. The maximum atomic E-state index is 9.61. The summed E-state index contributed by atoms with van der Waals surface area (Å²) in [5, 5.41) is 22.4. The maximum Gasteiger partial charge on any atom is 0.227 e. The van der Waals surface area contributed by atoms with Crippen LogP contribution in [0.5, 0.6) is 11.5 Å². The van der Waals surface area contributed by atoms with Gasteiger partial charge in [0.15, 0.2) is 0 Å². The van der Waals surface area contributed by atoms with E-state index in [0.717, 1.165) is 28.3 Å². The van der Waals surface area contributed by atoms with Gasteiger partial charge in [-0.25, -0.2) is 9.97 Å². The number of anilines is 2. The molecule has 0 aliphatic rings. The van der Waals surface area contributed by atoms with E-state index in [9.17, 15) is 10.2 Å². The first-order valence-electron chi connectivity index (χ1n) is 11.0. The molecule has 0 bridgehead atoms. The summed E-state index contributed by atoms with van der Waals surface area (Å²) in [6.45, 7) is 5.53. The molecule has 8 heteroatoms. The molecule has 2 unspecified atom stereocenters. The lowest BCUT2D eigenvalue weighted by Gasteiger charge is -2.24. The van der Waals surface area contributed by atoms with Crippen molar-refractivity contribution in [2.75, 3.05) is 38.7 Å². The van der Waals surface area contributed by atoms with Gasteiger partial charge in [0.2, 0.25) is 5.95 Å². The van der Waals surface area contributed by atoms with Crippen molar-refractivity contribution in [3.63, 3.8) is 0 Å².